The van der Waals surface area contributed by atoms with Crippen LogP contribution in [0.4, 0.5) is 0 Å². The number of ketones is 1. The summed E-state index contributed by atoms with van der Waals surface area (Å²) in [5, 5.41) is 21.7. The van der Waals surface area contributed by atoms with E-state index < -0.39 is 0 Å². The van der Waals surface area contributed by atoms with Gasteiger partial charge in [-0.2, -0.15) is 0 Å². The topological polar surface area (TPSA) is 69.6 Å². The van der Waals surface area contributed by atoms with E-state index in [9.17, 15) is 15.0 Å². The Bertz CT molecular complexity index is 421. The number of benzene rings is 1. The Kier molecular flexibility index (Phi) is 3.78. The summed E-state index contributed by atoms with van der Waals surface area (Å²) in [6.07, 6.45) is 0. The summed E-state index contributed by atoms with van der Waals surface area (Å²) in [5.74, 6) is -0.619. The van der Waals surface area contributed by atoms with Gasteiger partial charge in [-0.1, -0.05) is 0 Å². The van der Waals surface area contributed by atoms with E-state index in [4.69, 9.17) is 0 Å². The van der Waals surface area contributed by atoms with Crippen molar-refractivity contribution in [3.8, 4) is 11.5 Å². The molecular weight excluding hydrogens is 218 g/mol. The zero-order valence-electron chi connectivity index (χ0n) is 10.6. The lowest BCUT2D eigenvalue weighted by molar-refractivity contribution is 0.0935. The number of aromatic hydroxyl groups is 2. The summed E-state index contributed by atoms with van der Waals surface area (Å²) >= 11 is 0. The predicted molar refractivity (Wildman–Crippen MR) is 66.5 cm³/mol. The molecule has 4 heteroatoms. The molecule has 0 bridgehead atoms. The third-order valence-electron chi connectivity index (χ3n) is 2.30. The number of hydrogen-bond acceptors (Lipinski definition) is 4. The number of phenols is 2. The van der Waals surface area contributed by atoms with E-state index in [1.54, 1.807) is 6.92 Å². The molecule has 0 radical (unpaired) electrons. The zero-order chi connectivity index (χ0) is 13.2. The molecule has 1 rings (SSSR count). The summed E-state index contributed by atoms with van der Waals surface area (Å²) in [6.45, 7) is 7.71. The van der Waals surface area contributed by atoms with E-state index in [-0.39, 0.29) is 28.9 Å². The molecule has 0 aromatic heterocycles. The van der Waals surface area contributed by atoms with Crippen molar-refractivity contribution in [2.45, 2.75) is 39.3 Å². The van der Waals surface area contributed by atoms with Gasteiger partial charge >= 0.3 is 0 Å². The molecule has 0 spiro atoms. The molecule has 1 atom stereocenters. The lowest BCUT2D eigenvalue weighted by Crippen LogP contribution is -2.46. The van der Waals surface area contributed by atoms with Crippen molar-refractivity contribution in [2.24, 2.45) is 0 Å². The fraction of sp³-hybridized carbons (Fsp3) is 0.462. The Morgan fingerprint density at radius 2 is 1.82 bits per heavy atom. The average Bonchev–Trinajstić information content (AvgIpc) is 2.18. The molecular formula is C13H19NO3. The monoisotopic (exact) mass is 237 g/mol. The molecule has 0 fully saturated rings. The van der Waals surface area contributed by atoms with Gasteiger partial charge in [0.25, 0.3) is 0 Å². The maximum absolute atomic E-state index is 12.0. The molecule has 17 heavy (non-hydrogen) atoms. The second kappa shape index (κ2) is 4.75. The Hall–Kier alpha value is -1.55. The zero-order valence-corrected chi connectivity index (χ0v) is 10.6. The third-order valence-corrected chi connectivity index (χ3v) is 2.30. The Morgan fingerprint density at radius 1 is 1.24 bits per heavy atom. The van der Waals surface area contributed by atoms with Crippen molar-refractivity contribution in [3.63, 3.8) is 0 Å². The van der Waals surface area contributed by atoms with Gasteiger partial charge in [-0.3, -0.25) is 4.79 Å². The molecule has 0 aliphatic carbocycles. The van der Waals surface area contributed by atoms with Crippen molar-refractivity contribution in [2.75, 3.05) is 0 Å². The molecule has 3 N–H and O–H groups in total. The fourth-order valence-corrected chi connectivity index (χ4v) is 1.64. The molecule has 1 aromatic carbocycles. The summed E-state index contributed by atoms with van der Waals surface area (Å²) in [5.41, 5.74) is 0.221. The van der Waals surface area contributed by atoms with Crippen LogP contribution in [0.3, 0.4) is 0 Å². The molecule has 94 valence electrons. The highest BCUT2D eigenvalue weighted by Crippen LogP contribution is 2.25. The highest BCUT2D eigenvalue weighted by Gasteiger charge is 2.21. The second-order valence-corrected chi connectivity index (χ2v) is 5.18. The van der Waals surface area contributed by atoms with Crippen LogP contribution in [-0.2, 0) is 0 Å². The first-order chi connectivity index (χ1) is 7.70. The predicted octanol–water partition coefficient (Wildman–Crippen LogP) is 2.06. The molecule has 0 amide bonds. The van der Waals surface area contributed by atoms with Crippen LogP contribution in [0.15, 0.2) is 18.2 Å². The first kappa shape index (κ1) is 13.5. The Morgan fingerprint density at radius 3 is 2.29 bits per heavy atom. The van der Waals surface area contributed by atoms with Gasteiger partial charge in [0.1, 0.15) is 0 Å². The molecule has 0 aliphatic heterocycles. The smallest absolute Gasteiger partial charge is 0.179 e. The highest BCUT2D eigenvalue weighted by atomic mass is 16.3. The molecule has 0 saturated heterocycles. The van der Waals surface area contributed by atoms with Crippen molar-refractivity contribution < 1.29 is 15.0 Å². The van der Waals surface area contributed by atoms with E-state index in [0.29, 0.717) is 5.56 Å². The van der Waals surface area contributed by atoms with E-state index >= 15 is 0 Å². The number of carbonyl (C=O) groups excluding carboxylic acids is 1. The molecule has 1 unspecified atom stereocenters. The third kappa shape index (κ3) is 3.75. The van der Waals surface area contributed by atoms with E-state index in [2.05, 4.69) is 5.32 Å². The van der Waals surface area contributed by atoms with Crippen LogP contribution < -0.4 is 5.32 Å². The fourth-order valence-electron chi connectivity index (χ4n) is 1.64. The van der Waals surface area contributed by atoms with Gasteiger partial charge in [0.2, 0.25) is 0 Å². The van der Waals surface area contributed by atoms with Crippen LogP contribution in [0.2, 0.25) is 0 Å². The van der Waals surface area contributed by atoms with Crippen LogP contribution in [0.1, 0.15) is 38.1 Å². The van der Waals surface area contributed by atoms with Crippen molar-refractivity contribution in [1.29, 1.82) is 0 Å². The lowest BCUT2D eigenvalue weighted by Gasteiger charge is -2.25. The van der Waals surface area contributed by atoms with E-state index in [1.165, 1.54) is 18.2 Å². The van der Waals surface area contributed by atoms with Gasteiger partial charge in [0.15, 0.2) is 17.3 Å². The normalized spacial score (nSPS) is 13.4. The van der Waals surface area contributed by atoms with Crippen molar-refractivity contribution >= 4 is 5.78 Å². The molecule has 0 saturated carbocycles. The van der Waals surface area contributed by atoms with E-state index in [0.717, 1.165) is 0 Å². The summed E-state index contributed by atoms with van der Waals surface area (Å²) in [6, 6.07) is 3.74. The maximum Gasteiger partial charge on any atom is 0.179 e. The number of carbonyl (C=O) groups is 1. The first-order valence-electron chi connectivity index (χ1n) is 5.54. The van der Waals surface area contributed by atoms with Crippen LogP contribution >= 0.6 is 0 Å². The standard InChI is InChI=1S/C13H19NO3/c1-8(14-13(2,3)4)12(17)9-5-6-10(15)11(16)7-9/h5-8,14-16H,1-4H3. The largest absolute Gasteiger partial charge is 0.504 e. The van der Waals surface area contributed by atoms with E-state index in [1.807, 2.05) is 20.8 Å². The quantitative estimate of drug-likeness (QED) is 0.556. The highest BCUT2D eigenvalue weighted by molar-refractivity contribution is 6.00. The maximum atomic E-state index is 12.0. The average molecular weight is 237 g/mol. The Labute approximate surface area is 101 Å². The minimum Gasteiger partial charge on any atom is -0.504 e. The number of Topliss-reactive ketones (excluding diaryl/α,β-unsaturated/α-hetero) is 1. The Balaban J connectivity index is 2.85. The molecule has 0 heterocycles. The molecule has 0 aliphatic rings. The van der Waals surface area contributed by atoms with Crippen LogP contribution in [-0.4, -0.2) is 27.6 Å². The number of rotatable bonds is 3. The van der Waals surface area contributed by atoms with Crippen molar-refractivity contribution in [1.82, 2.24) is 5.32 Å². The van der Waals surface area contributed by atoms with Crippen LogP contribution in [0.5, 0.6) is 11.5 Å². The summed E-state index contributed by atoms with van der Waals surface area (Å²) in [4.78, 5) is 12.0. The minimum absolute atomic E-state index is 0.116. The van der Waals surface area contributed by atoms with Gasteiger partial charge < -0.3 is 15.5 Å². The summed E-state index contributed by atoms with van der Waals surface area (Å²) < 4.78 is 0. The van der Waals surface area contributed by atoms with Gasteiger partial charge in [-0.15, -0.1) is 0 Å². The van der Waals surface area contributed by atoms with Gasteiger partial charge in [-0.25, -0.2) is 0 Å². The summed E-state index contributed by atoms with van der Waals surface area (Å²) in [7, 11) is 0. The number of nitrogens with one attached hydrogen (secondary N) is 1. The first-order valence-corrected chi connectivity index (χ1v) is 5.54. The van der Waals surface area contributed by atoms with Gasteiger partial charge in [0, 0.05) is 11.1 Å². The lowest BCUT2D eigenvalue weighted by atomic mass is 10.0. The van der Waals surface area contributed by atoms with Gasteiger partial charge in [0.05, 0.1) is 6.04 Å². The number of hydrogen-bond donors (Lipinski definition) is 3. The van der Waals surface area contributed by atoms with Crippen LogP contribution in [0, 0.1) is 0 Å². The second-order valence-electron chi connectivity index (χ2n) is 5.18. The van der Waals surface area contributed by atoms with Crippen molar-refractivity contribution in [3.05, 3.63) is 23.8 Å². The van der Waals surface area contributed by atoms with Gasteiger partial charge in [-0.05, 0) is 45.9 Å². The SMILES string of the molecule is CC(NC(C)(C)C)C(=O)c1ccc(O)c(O)c1. The minimum atomic E-state index is -0.348. The number of phenolic OH excluding ortho intramolecular Hbond substituents is 2. The molecule has 1 aromatic rings. The molecule has 4 nitrogen and oxygen atoms in total. The van der Waals surface area contributed by atoms with Crippen LogP contribution in [0.25, 0.3) is 0 Å².